The average Bonchev–Trinajstić information content (AvgIpc) is 2.75. The highest BCUT2D eigenvalue weighted by Crippen LogP contribution is 2.28. The zero-order valence-corrected chi connectivity index (χ0v) is 15.6. The Balaban J connectivity index is 1.68. The Kier molecular flexibility index (Phi) is 5.27. The first-order valence-electron chi connectivity index (χ1n) is 9.23. The molecule has 6 nitrogen and oxygen atoms in total. The highest BCUT2D eigenvalue weighted by molar-refractivity contribution is 6.07. The third kappa shape index (κ3) is 3.83. The van der Waals surface area contributed by atoms with Crippen LogP contribution in [0.25, 0.3) is 21.7 Å². The first-order chi connectivity index (χ1) is 14.2. The fraction of sp³-hybridized carbons (Fsp3) is 0.130. The molecule has 0 radical (unpaired) electrons. The minimum absolute atomic E-state index is 0.0533. The van der Waals surface area contributed by atoms with E-state index in [2.05, 4.69) is 5.32 Å². The van der Waals surface area contributed by atoms with Crippen molar-refractivity contribution in [1.29, 1.82) is 0 Å². The SMILES string of the molecule is O=C(OCc1cc(=O)oc2ccc3ccccc3c12)c1ccccc1NCCO. The molecule has 0 saturated carbocycles. The van der Waals surface area contributed by atoms with Crippen LogP contribution in [-0.4, -0.2) is 24.2 Å². The smallest absolute Gasteiger partial charge is 0.340 e. The molecule has 3 aromatic carbocycles. The number of carbonyl (C=O) groups is 1. The summed E-state index contributed by atoms with van der Waals surface area (Å²) in [6, 6.07) is 19.7. The minimum atomic E-state index is -0.521. The molecule has 2 N–H and O–H groups in total. The van der Waals surface area contributed by atoms with Gasteiger partial charge in [-0.3, -0.25) is 0 Å². The Morgan fingerprint density at radius 1 is 1.03 bits per heavy atom. The summed E-state index contributed by atoms with van der Waals surface area (Å²) in [6.07, 6.45) is 0. The van der Waals surface area contributed by atoms with Gasteiger partial charge in [-0.2, -0.15) is 0 Å². The van der Waals surface area contributed by atoms with E-state index in [4.69, 9.17) is 14.3 Å². The fourth-order valence-corrected chi connectivity index (χ4v) is 3.36. The van der Waals surface area contributed by atoms with Gasteiger partial charge < -0.3 is 19.6 Å². The van der Waals surface area contributed by atoms with E-state index in [0.29, 0.717) is 28.9 Å². The summed E-state index contributed by atoms with van der Waals surface area (Å²) in [5, 5.41) is 14.7. The number of para-hydroxylation sites is 1. The van der Waals surface area contributed by atoms with Gasteiger partial charge in [0.1, 0.15) is 12.2 Å². The molecule has 1 aromatic heterocycles. The number of ether oxygens (including phenoxy) is 1. The first-order valence-corrected chi connectivity index (χ1v) is 9.23. The van der Waals surface area contributed by atoms with Crippen LogP contribution in [0.4, 0.5) is 5.69 Å². The molecule has 29 heavy (non-hydrogen) atoms. The second-order valence-corrected chi connectivity index (χ2v) is 6.52. The molecule has 0 unspecified atom stereocenters. The predicted octanol–water partition coefficient (Wildman–Crippen LogP) is 3.71. The van der Waals surface area contributed by atoms with E-state index in [1.807, 2.05) is 30.3 Å². The Labute approximate surface area is 166 Å². The quantitative estimate of drug-likeness (QED) is 0.297. The summed E-state index contributed by atoms with van der Waals surface area (Å²) in [6.45, 7) is 0.201. The van der Waals surface area contributed by atoms with Gasteiger partial charge >= 0.3 is 11.6 Å². The van der Waals surface area contributed by atoms with Gasteiger partial charge in [0.25, 0.3) is 0 Å². The molecule has 0 aliphatic rings. The van der Waals surface area contributed by atoms with E-state index < -0.39 is 11.6 Å². The Hall–Kier alpha value is -3.64. The molecule has 1 heterocycles. The highest BCUT2D eigenvalue weighted by atomic mass is 16.5. The van der Waals surface area contributed by atoms with Crippen molar-refractivity contribution in [2.45, 2.75) is 6.61 Å². The molecule has 0 amide bonds. The van der Waals surface area contributed by atoms with E-state index in [1.54, 1.807) is 30.3 Å². The summed E-state index contributed by atoms with van der Waals surface area (Å²) < 4.78 is 10.9. The average molecular weight is 389 g/mol. The molecule has 4 aromatic rings. The van der Waals surface area contributed by atoms with Crippen LogP contribution in [0, 0.1) is 0 Å². The zero-order chi connectivity index (χ0) is 20.2. The molecular weight excluding hydrogens is 370 g/mol. The number of benzene rings is 3. The lowest BCUT2D eigenvalue weighted by molar-refractivity contribution is 0.0475. The van der Waals surface area contributed by atoms with Crippen LogP contribution in [0.2, 0.25) is 0 Å². The second-order valence-electron chi connectivity index (χ2n) is 6.52. The first kappa shape index (κ1) is 18.7. The molecule has 146 valence electrons. The predicted molar refractivity (Wildman–Crippen MR) is 111 cm³/mol. The van der Waals surface area contributed by atoms with E-state index in [9.17, 15) is 9.59 Å². The van der Waals surface area contributed by atoms with Crippen molar-refractivity contribution in [2.75, 3.05) is 18.5 Å². The number of anilines is 1. The number of rotatable bonds is 6. The van der Waals surface area contributed by atoms with E-state index in [0.717, 1.165) is 16.2 Å². The third-order valence-electron chi connectivity index (χ3n) is 4.65. The number of hydrogen-bond acceptors (Lipinski definition) is 6. The molecule has 0 bridgehead atoms. The monoisotopic (exact) mass is 389 g/mol. The van der Waals surface area contributed by atoms with Crippen LogP contribution in [0.1, 0.15) is 15.9 Å². The maximum atomic E-state index is 12.7. The molecule has 0 saturated heterocycles. The van der Waals surface area contributed by atoms with Gasteiger partial charge in [0.05, 0.1) is 12.2 Å². The van der Waals surface area contributed by atoms with Crippen molar-refractivity contribution >= 4 is 33.4 Å². The van der Waals surface area contributed by atoms with Crippen LogP contribution in [-0.2, 0) is 11.3 Å². The van der Waals surface area contributed by atoms with E-state index in [1.165, 1.54) is 6.07 Å². The number of aliphatic hydroxyl groups excluding tert-OH is 1. The van der Waals surface area contributed by atoms with Crippen LogP contribution in [0.5, 0.6) is 0 Å². The lowest BCUT2D eigenvalue weighted by atomic mass is 10.0. The van der Waals surface area contributed by atoms with Crippen LogP contribution in [0.15, 0.2) is 75.9 Å². The van der Waals surface area contributed by atoms with Crippen LogP contribution in [0.3, 0.4) is 0 Å². The Morgan fingerprint density at radius 2 is 1.83 bits per heavy atom. The number of hydrogen-bond donors (Lipinski definition) is 2. The summed E-state index contributed by atoms with van der Waals surface area (Å²) >= 11 is 0. The number of carbonyl (C=O) groups excluding carboxylic acids is 1. The molecule has 4 rings (SSSR count). The van der Waals surface area contributed by atoms with Gasteiger partial charge in [-0.15, -0.1) is 0 Å². The normalized spacial score (nSPS) is 10.9. The van der Waals surface area contributed by atoms with Crippen LogP contribution >= 0.6 is 0 Å². The number of aliphatic hydroxyl groups is 1. The molecule has 0 aliphatic carbocycles. The van der Waals surface area contributed by atoms with Gasteiger partial charge in [-0.1, -0.05) is 42.5 Å². The maximum Gasteiger partial charge on any atom is 0.340 e. The fourth-order valence-electron chi connectivity index (χ4n) is 3.36. The highest BCUT2D eigenvalue weighted by Gasteiger charge is 2.15. The van der Waals surface area contributed by atoms with E-state index in [-0.39, 0.29) is 13.2 Å². The number of fused-ring (bicyclic) bond motifs is 3. The van der Waals surface area contributed by atoms with Gasteiger partial charge in [0.2, 0.25) is 0 Å². The molecular formula is C23H19NO5. The van der Waals surface area contributed by atoms with Crippen molar-refractivity contribution < 1.29 is 19.1 Å². The van der Waals surface area contributed by atoms with Gasteiger partial charge in [-0.05, 0) is 29.0 Å². The zero-order valence-electron chi connectivity index (χ0n) is 15.6. The number of nitrogens with one attached hydrogen (secondary N) is 1. The standard InChI is InChI=1S/C23H19NO5/c25-12-11-24-19-8-4-3-7-18(19)23(27)28-14-16-13-21(26)29-20-10-9-15-5-1-2-6-17(15)22(16)20/h1-10,13,24-25H,11-12,14H2. The molecule has 0 spiro atoms. The largest absolute Gasteiger partial charge is 0.457 e. The molecule has 6 heteroatoms. The van der Waals surface area contributed by atoms with Crippen molar-refractivity contribution in [3.63, 3.8) is 0 Å². The Morgan fingerprint density at radius 3 is 2.69 bits per heavy atom. The molecule has 0 fully saturated rings. The molecule has 0 aliphatic heterocycles. The van der Waals surface area contributed by atoms with Crippen molar-refractivity contribution in [3.8, 4) is 0 Å². The minimum Gasteiger partial charge on any atom is -0.457 e. The van der Waals surface area contributed by atoms with Gasteiger partial charge in [0.15, 0.2) is 0 Å². The summed E-state index contributed by atoms with van der Waals surface area (Å²) in [5.74, 6) is -0.521. The molecule has 0 atom stereocenters. The lowest BCUT2D eigenvalue weighted by Crippen LogP contribution is -2.13. The van der Waals surface area contributed by atoms with Crippen molar-refractivity contribution in [2.24, 2.45) is 0 Å². The summed E-state index contributed by atoms with van der Waals surface area (Å²) in [7, 11) is 0. The van der Waals surface area contributed by atoms with Crippen molar-refractivity contribution in [1.82, 2.24) is 0 Å². The Bertz CT molecular complexity index is 1240. The second kappa shape index (κ2) is 8.16. The van der Waals surface area contributed by atoms with Gasteiger partial charge in [0, 0.05) is 29.2 Å². The lowest BCUT2D eigenvalue weighted by Gasteiger charge is -2.12. The van der Waals surface area contributed by atoms with Gasteiger partial charge in [-0.25, -0.2) is 9.59 Å². The number of esters is 1. The summed E-state index contributed by atoms with van der Waals surface area (Å²) in [5.41, 5.74) is 1.48. The maximum absolute atomic E-state index is 12.7. The third-order valence-corrected chi connectivity index (χ3v) is 4.65. The summed E-state index contributed by atoms with van der Waals surface area (Å²) in [4.78, 5) is 24.6. The van der Waals surface area contributed by atoms with E-state index >= 15 is 0 Å². The van der Waals surface area contributed by atoms with Crippen molar-refractivity contribution in [3.05, 3.63) is 88.3 Å². The topological polar surface area (TPSA) is 88.8 Å². The van der Waals surface area contributed by atoms with Crippen LogP contribution < -0.4 is 10.9 Å².